The van der Waals surface area contributed by atoms with Crippen LogP contribution < -0.4 is 10.1 Å². The predicted octanol–water partition coefficient (Wildman–Crippen LogP) is 5.04. The second kappa shape index (κ2) is 13.3. The van der Waals surface area contributed by atoms with Crippen LogP contribution in [-0.4, -0.2) is 36.4 Å². The van der Waals surface area contributed by atoms with Crippen molar-refractivity contribution in [1.82, 2.24) is 10.2 Å². The summed E-state index contributed by atoms with van der Waals surface area (Å²) in [6.45, 7) is 5.02. The van der Waals surface area contributed by atoms with Gasteiger partial charge in [-0.2, -0.15) is 0 Å². The molecule has 0 saturated carbocycles. The summed E-state index contributed by atoms with van der Waals surface area (Å²) in [5.41, 5.74) is 3.04. The van der Waals surface area contributed by atoms with E-state index in [1.165, 1.54) is 0 Å². The Morgan fingerprint density at radius 2 is 1.49 bits per heavy atom. The maximum absolute atomic E-state index is 13.7. The van der Waals surface area contributed by atoms with E-state index in [1.807, 2.05) is 84.9 Å². The first-order valence-electron chi connectivity index (χ1n) is 12.2. The molecule has 1 N–H and O–H groups in total. The molecule has 3 aromatic carbocycles. The molecule has 0 saturated heterocycles. The minimum Gasteiger partial charge on any atom is -0.497 e. The molecule has 0 bridgehead atoms. The third-order valence-electron chi connectivity index (χ3n) is 5.91. The normalized spacial score (nSPS) is 11.7. The molecule has 0 fully saturated rings. The lowest BCUT2D eigenvalue weighted by molar-refractivity contribution is -0.141. The van der Waals surface area contributed by atoms with Gasteiger partial charge < -0.3 is 15.0 Å². The van der Waals surface area contributed by atoms with Crippen LogP contribution in [0.1, 0.15) is 37.0 Å². The first kappa shape index (κ1) is 26.0. The van der Waals surface area contributed by atoms with Crippen LogP contribution in [0.4, 0.5) is 0 Å². The SMILES string of the molecule is COc1cccc(CN(C(=O)CCc2ccccc2)[C@@H](Cc2ccccc2)C(=O)NCC(C)C)c1. The fourth-order valence-corrected chi connectivity index (χ4v) is 3.98. The number of nitrogens with one attached hydrogen (secondary N) is 1. The quantitative estimate of drug-likeness (QED) is 0.402. The minimum absolute atomic E-state index is 0.0442. The van der Waals surface area contributed by atoms with E-state index in [-0.39, 0.29) is 11.8 Å². The lowest BCUT2D eigenvalue weighted by Crippen LogP contribution is -2.51. The predicted molar refractivity (Wildman–Crippen MR) is 140 cm³/mol. The van der Waals surface area contributed by atoms with Crippen molar-refractivity contribution < 1.29 is 14.3 Å². The largest absolute Gasteiger partial charge is 0.497 e. The minimum atomic E-state index is -0.620. The monoisotopic (exact) mass is 472 g/mol. The van der Waals surface area contributed by atoms with Gasteiger partial charge in [0.2, 0.25) is 11.8 Å². The first-order chi connectivity index (χ1) is 17.0. The Labute approximate surface area is 209 Å². The van der Waals surface area contributed by atoms with E-state index in [1.54, 1.807) is 12.0 Å². The molecule has 2 amide bonds. The van der Waals surface area contributed by atoms with Crippen LogP contribution in [0.5, 0.6) is 5.75 Å². The summed E-state index contributed by atoms with van der Waals surface area (Å²) >= 11 is 0. The van der Waals surface area contributed by atoms with Crippen LogP contribution in [0.15, 0.2) is 84.9 Å². The second-order valence-corrected chi connectivity index (χ2v) is 9.20. The van der Waals surface area contributed by atoms with Crippen molar-refractivity contribution in [2.75, 3.05) is 13.7 Å². The molecule has 0 heterocycles. The van der Waals surface area contributed by atoms with E-state index in [0.29, 0.717) is 38.3 Å². The highest BCUT2D eigenvalue weighted by Gasteiger charge is 2.30. The molecular weight excluding hydrogens is 436 g/mol. The van der Waals surface area contributed by atoms with Crippen molar-refractivity contribution in [2.24, 2.45) is 5.92 Å². The number of rotatable bonds is 12. The van der Waals surface area contributed by atoms with Gasteiger partial charge in [-0.05, 0) is 41.2 Å². The molecule has 1 atom stereocenters. The van der Waals surface area contributed by atoms with Gasteiger partial charge in [0.05, 0.1) is 7.11 Å². The van der Waals surface area contributed by atoms with Gasteiger partial charge in [-0.3, -0.25) is 9.59 Å². The molecule has 0 aliphatic heterocycles. The summed E-state index contributed by atoms with van der Waals surface area (Å²) in [7, 11) is 1.62. The Balaban J connectivity index is 1.90. The number of carbonyl (C=O) groups is 2. The van der Waals surface area contributed by atoms with Crippen LogP contribution in [0.25, 0.3) is 0 Å². The Morgan fingerprint density at radius 1 is 0.857 bits per heavy atom. The van der Waals surface area contributed by atoms with E-state index in [0.717, 1.165) is 22.4 Å². The number of benzene rings is 3. The van der Waals surface area contributed by atoms with Gasteiger partial charge in [0.25, 0.3) is 0 Å². The van der Waals surface area contributed by atoms with Crippen molar-refractivity contribution >= 4 is 11.8 Å². The highest BCUT2D eigenvalue weighted by molar-refractivity contribution is 5.88. The van der Waals surface area contributed by atoms with Crippen LogP contribution in [0.2, 0.25) is 0 Å². The number of hydrogen-bond acceptors (Lipinski definition) is 3. The molecule has 0 aliphatic carbocycles. The number of ether oxygens (including phenoxy) is 1. The molecule has 5 nitrogen and oxygen atoms in total. The Bertz CT molecular complexity index is 1070. The number of nitrogens with zero attached hydrogens (tertiary/aromatic N) is 1. The Kier molecular flexibility index (Phi) is 9.91. The topological polar surface area (TPSA) is 58.6 Å². The fraction of sp³-hybridized carbons (Fsp3) is 0.333. The summed E-state index contributed by atoms with van der Waals surface area (Å²) in [4.78, 5) is 28.9. The zero-order chi connectivity index (χ0) is 25.0. The van der Waals surface area contributed by atoms with Gasteiger partial charge >= 0.3 is 0 Å². The highest BCUT2D eigenvalue weighted by Crippen LogP contribution is 2.19. The Hall–Kier alpha value is -3.60. The van der Waals surface area contributed by atoms with Crippen molar-refractivity contribution in [3.05, 3.63) is 102 Å². The molecule has 5 heteroatoms. The van der Waals surface area contributed by atoms with E-state index in [9.17, 15) is 9.59 Å². The zero-order valence-corrected chi connectivity index (χ0v) is 20.9. The third-order valence-corrected chi connectivity index (χ3v) is 5.91. The van der Waals surface area contributed by atoms with E-state index in [2.05, 4.69) is 19.2 Å². The molecule has 184 valence electrons. The van der Waals surface area contributed by atoms with Gasteiger partial charge in [-0.25, -0.2) is 0 Å². The van der Waals surface area contributed by atoms with Gasteiger partial charge in [-0.15, -0.1) is 0 Å². The molecule has 3 rings (SSSR count). The molecule has 0 aliphatic rings. The Morgan fingerprint density at radius 3 is 2.11 bits per heavy atom. The van der Waals surface area contributed by atoms with Crippen molar-refractivity contribution in [3.63, 3.8) is 0 Å². The number of amides is 2. The molecule has 0 radical (unpaired) electrons. The van der Waals surface area contributed by atoms with Crippen LogP contribution in [0, 0.1) is 5.92 Å². The summed E-state index contributed by atoms with van der Waals surface area (Å²) in [5, 5.41) is 3.06. The molecule has 0 unspecified atom stereocenters. The number of carbonyl (C=O) groups excluding carboxylic acids is 2. The van der Waals surface area contributed by atoms with Crippen LogP contribution in [0.3, 0.4) is 0 Å². The maximum Gasteiger partial charge on any atom is 0.243 e. The van der Waals surface area contributed by atoms with E-state index >= 15 is 0 Å². The molecule has 35 heavy (non-hydrogen) atoms. The van der Waals surface area contributed by atoms with E-state index in [4.69, 9.17) is 4.74 Å². The average molecular weight is 473 g/mol. The summed E-state index contributed by atoms with van der Waals surface area (Å²) in [6, 6.07) is 26.9. The van der Waals surface area contributed by atoms with Crippen molar-refractivity contribution in [2.45, 2.75) is 45.7 Å². The lowest BCUT2D eigenvalue weighted by atomic mass is 10.0. The molecule has 0 spiro atoms. The van der Waals surface area contributed by atoms with Gasteiger partial charge in [0.1, 0.15) is 11.8 Å². The third kappa shape index (κ3) is 8.29. The van der Waals surface area contributed by atoms with Crippen LogP contribution in [-0.2, 0) is 29.0 Å². The summed E-state index contributed by atoms with van der Waals surface area (Å²) in [5.74, 6) is 0.871. The summed E-state index contributed by atoms with van der Waals surface area (Å²) in [6.07, 6.45) is 1.41. The maximum atomic E-state index is 13.7. The fourth-order valence-electron chi connectivity index (χ4n) is 3.98. The summed E-state index contributed by atoms with van der Waals surface area (Å²) < 4.78 is 5.39. The average Bonchev–Trinajstić information content (AvgIpc) is 2.89. The number of hydrogen-bond donors (Lipinski definition) is 1. The highest BCUT2D eigenvalue weighted by atomic mass is 16.5. The van der Waals surface area contributed by atoms with Crippen molar-refractivity contribution in [3.8, 4) is 5.75 Å². The van der Waals surface area contributed by atoms with Crippen molar-refractivity contribution in [1.29, 1.82) is 0 Å². The molecule has 0 aromatic heterocycles. The zero-order valence-electron chi connectivity index (χ0n) is 20.9. The smallest absolute Gasteiger partial charge is 0.243 e. The standard InChI is InChI=1S/C30H36N2O3/c1-23(2)21-31-30(34)28(20-25-13-8-5-9-14-25)32(22-26-15-10-16-27(19-26)35-3)29(33)18-17-24-11-6-4-7-12-24/h4-16,19,23,28H,17-18,20-22H2,1-3H3,(H,31,34)/t28-/m0/s1. The molecule has 3 aromatic rings. The lowest BCUT2D eigenvalue weighted by Gasteiger charge is -2.32. The first-order valence-corrected chi connectivity index (χ1v) is 12.2. The second-order valence-electron chi connectivity index (χ2n) is 9.20. The number of aryl methyl sites for hydroxylation is 1. The molecular formula is C30H36N2O3. The van der Waals surface area contributed by atoms with Crippen LogP contribution >= 0.6 is 0 Å². The van der Waals surface area contributed by atoms with E-state index < -0.39 is 6.04 Å². The van der Waals surface area contributed by atoms with Gasteiger partial charge in [0, 0.05) is 25.9 Å². The van der Waals surface area contributed by atoms with Gasteiger partial charge in [0.15, 0.2) is 0 Å². The number of methoxy groups -OCH3 is 1. The van der Waals surface area contributed by atoms with Gasteiger partial charge in [-0.1, -0.05) is 86.6 Å².